The fourth-order valence-corrected chi connectivity index (χ4v) is 3.11. The second-order valence-electron chi connectivity index (χ2n) is 5.56. The van der Waals surface area contributed by atoms with Gasteiger partial charge in [0.15, 0.2) is 0 Å². The minimum Gasteiger partial charge on any atom is -0.368 e. The van der Waals surface area contributed by atoms with Gasteiger partial charge in [-0.25, -0.2) is 0 Å². The summed E-state index contributed by atoms with van der Waals surface area (Å²) in [7, 11) is 0. The third kappa shape index (κ3) is 3.57. The highest BCUT2D eigenvalue weighted by molar-refractivity contribution is 7.10. The summed E-state index contributed by atoms with van der Waals surface area (Å²) in [6.45, 7) is 3.94. The smallest absolute Gasteiger partial charge is 0.237 e. The Kier molecular flexibility index (Phi) is 4.26. The van der Waals surface area contributed by atoms with Crippen molar-refractivity contribution in [2.75, 3.05) is 18.4 Å². The van der Waals surface area contributed by atoms with Gasteiger partial charge in [-0.15, -0.1) is 0 Å². The topological polar surface area (TPSA) is 105 Å². The minimum absolute atomic E-state index is 0.0814. The molecule has 0 saturated carbocycles. The normalized spacial score (nSPS) is 21.6. The predicted molar refractivity (Wildman–Crippen MR) is 78.6 cm³/mol. The zero-order valence-corrected chi connectivity index (χ0v) is 12.8. The number of nitrogens with one attached hydrogen (secondary N) is 1. The maximum atomic E-state index is 12.3. The monoisotopic (exact) mass is 310 g/mol. The highest BCUT2D eigenvalue weighted by Gasteiger charge is 2.44. The van der Waals surface area contributed by atoms with E-state index in [1.165, 1.54) is 16.4 Å². The molecule has 1 aliphatic heterocycles. The molecule has 1 aromatic heterocycles. The molecule has 0 radical (unpaired) electrons. The highest BCUT2D eigenvalue weighted by atomic mass is 32.1. The molecule has 114 valence electrons. The van der Waals surface area contributed by atoms with E-state index in [1.54, 1.807) is 13.0 Å². The second kappa shape index (κ2) is 5.80. The van der Waals surface area contributed by atoms with Crippen molar-refractivity contribution in [1.82, 2.24) is 9.27 Å². The third-order valence-electron chi connectivity index (χ3n) is 3.53. The fourth-order valence-electron chi connectivity index (χ4n) is 2.43. The molecule has 2 rings (SSSR count). The number of hydrogen-bond acceptors (Lipinski definition) is 5. The number of aryl methyl sites for hydroxylation is 1. The molecule has 1 aromatic rings. The van der Waals surface area contributed by atoms with E-state index in [1.807, 2.05) is 6.92 Å². The van der Waals surface area contributed by atoms with E-state index in [0.717, 1.165) is 5.69 Å². The number of amides is 3. The van der Waals surface area contributed by atoms with E-state index in [4.69, 9.17) is 5.73 Å². The summed E-state index contributed by atoms with van der Waals surface area (Å²) >= 11 is 1.21. The van der Waals surface area contributed by atoms with Crippen molar-refractivity contribution in [3.05, 3.63) is 11.8 Å². The van der Waals surface area contributed by atoms with Gasteiger partial charge in [0.1, 0.15) is 5.00 Å². The zero-order chi connectivity index (χ0) is 15.6. The van der Waals surface area contributed by atoms with Crippen LogP contribution in [0.1, 0.15) is 25.5 Å². The number of nitrogens with zero attached hydrogens (tertiary/aromatic N) is 2. The molecule has 1 aliphatic rings. The molecule has 8 heteroatoms. The second-order valence-corrected chi connectivity index (χ2v) is 6.37. The quantitative estimate of drug-likeness (QED) is 0.826. The van der Waals surface area contributed by atoms with Gasteiger partial charge in [-0.05, 0) is 30.9 Å². The van der Waals surface area contributed by atoms with E-state index in [-0.39, 0.29) is 24.8 Å². The standard InChI is InChI=1S/C13H18N4O3S/c1-8-5-11(21-16-8)15-10(19)6-13(2)3-4-17(12(13)20)7-9(14)18/h5H,3-4,6-7H2,1-2H3,(H2,14,18)(H,15,19). The average Bonchev–Trinajstić information content (AvgIpc) is 2.88. The molecule has 1 fully saturated rings. The van der Waals surface area contributed by atoms with Gasteiger partial charge < -0.3 is 16.0 Å². The first-order valence-electron chi connectivity index (χ1n) is 6.61. The Morgan fingerprint density at radius 2 is 2.29 bits per heavy atom. The van der Waals surface area contributed by atoms with Gasteiger partial charge in [-0.2, -0.15) is 4.37 Å². The first-order valence-corrected chi connectivity index (χ1v) is 7.38. The number of anilines is 1. The lowest BCUT2D eigenvalue weighted by molar-refractivity contribution is -0.139. The molecule has 0 aromatic carbocycles. The Hall–Kier alpha value is -1.96. The van der Waals surface area contributed by atoms with Crippen LogP contribution in [0.2, 0.25) is 0 Å². The van der Waals surface area contributed by atoms with Crippen molar-refractivity contribution in [3.8, 4) is 0 Å². The average molecular weight is 310 g/mol. The summed E-state index contributed by atoms with van der Waals surface area (Å²) in [6.07, 6.45) is 0.617. The lowest BCUT2D eigenvalue weighted by Crippen LogP contribution is -2.39. The van der Waals surface area contributed by atoms with Gasteiger partial charge in [-0.1, -0.05) is 6.92 Å². The van der Waals surface area contributed by atoms with Gasteiger partial charge in [0.25, 0.3) is 0 Å². The Balaban J connectivity index is 1.96. The number of aromatic nitrogens is 1. The molecule has 21 heavy (non-hydrogen) atoms. The number of primary amides is 1. The predicted octanol–water partition coefficient (Wildman–Crippen LogP) is 0.504. The molecule has 0 aliphatic carbocycles. The fraction of sp³-hybridized carbons (Fsp3) is 0.538. The van der Waals surface area contributed by atoms with Crippen LogP contribution in [0.3, 0.4) is 0 Å². The number of carbonyl (C=O) groups excluding carboxylic acids is 3. The molecule has 1 saturated heterocycles. The first-order chi connectivity index (χ1) is 9.80. The molecule has 3 N–H and O–H groups in total. The zero-order valence-electron chi connectivity index (χ0n) is 12.0. The van der Waals surface area contributed by atoms with E-state index in [2.05, 4.69) is 9.69 Å². The molecule has 3 amide bonds. The number of likely N-dealkylation sites (tertiary alicyclic amines) is 1. The van der Waals surface area contributed by atoms with Crippen LogP contribution in [-0.4, -0.2) is 40.1 Å². The van der Waals surface area contributed by atoms with Crippen LogP contribution in [0.15, 0.2) is 6.07 Å². The van der Waals surface area contributed by atoms with E-state index >= 15 is 0 Å². The largest absolute Gasteiger partial charge is 0.368 e. The van der Waals surface area contributed by atoms with Crippen molar-refractivity contribution in [2.45, 2.75) is 26.7 Å². The summed E-state index contributed by atoms with van der Waals surface area (Å²) in [5, 5.41) is 3.41. The Labute approximate surface area is 126 Å². The van der Waals surface area contributed by atoms with Gasteiger partial charge in [0.2, 0.25) is 17.7 Å². The van der Waals surface area contributed by atoms with Crippen molar-refractivity contribution >= 4 is 34.3 Å². The van der Waals surface area contributed by atoms with Crippen LogP contribution in [0.4, 0.5) is 5.00 Å². The lowest BCUT2D eigenvalue weighted by Gasteiger charge is -2.22. The van der Waals surface area contributed by atoms with Crippen LogP contribution in [0.5, 0.6) is 0 Å². The minimum atomic E-state index is -0.779. The molecule has 0 spiro atoms. The number of carbonyl (C=O) groups is 3. The van der Waals surface area contributed by atoms with Gasteiger partial charge in [-0.3, -0.25) is 14.4 Å². The number of rotatable bonds is 5. The summed E-state index contributed by atoms with van der Waals surface area (Å²) in [5.41, 5.74) is 5.17. The van der Waals surface area contributed by atoms with E-state index in [9.17, 15) is 14.4 Å². The number of nitrogens with two attached hydrogens (primary N) is 1. The number of hydrogen-bond donors (Lipinski definition) is 2. The maximum Gasteiger partial charge on any atom is 0.237 e. The summed E-state index contributed by atoms with van der Waals surface area (Å²) in [6, 6.07) is 1.78. The van der Waals surface area contributed by atoms with Crippen LogP contribution in [0, 0.1) is 12.3 Å². The van der Waals surface area contributed by atoms with Crippen LogP contribution < -0.4 is 11.1 Å². The van der Waals surface area contributed by atoms with Gasteiger partial charge in [0, 0.05) is 13.0 Å². The van der Waals surface area contributed by atoms with Crippen molar-refractivity contribution in [2.24, 2.45) is 11.1 Å². The van der Waals surface area contributed by atoms with Crippen molar-refractivity contribution < 1.29 is 14.4 Å². The molecule has 1 unspecified atom stereocenters. The summed E-state index contributed by atoms with van der Waals surface area (Å²) < 4.78 is 4.08. The Morgan fingerprint density at radius 1 is 1.57 bits per heavy atom. The van der Waals surface area contributed by atoms with Crippen LogP contribution in [-0.2, 0) is 14.4 Å². The maximum absolute atomic E-state index is 12.3. The Bertz CT molecular complexity index is 586. The van der Waals surface area contributed by atoms with Gasteiger partial charge >= 0.3 is 0 Å². The molecular formula is C13H18N4O3S. The first kappa shape index (κ1) is 15.4. The molecule has 7 nitrogen and oxygen atoms in total. The SMILES string of the molecule is Cc1cc(NC(=O)CC2(C)CCN(CC(N)=O)C2=O)sn1. The van der Waals surface area contributed by atoms with Crippen LogP contribution >= 0.6 is 11.5 Å². The highest BCUT2D eigenvalue weighted by Crippen LogP contribution is 2.35. The van der Waals surface area contributed by atoms with Gasteiger partial charge in [0.05, 0.1) is 17.7 Å². The summed E-state index contributed by atoms with van der Waals surface area (Å²) in [4.78, 5) is 36.7. The lowest BCUT2D eigenvalue weighted by atomic mass is 9.85. The van der Waals surface area contributed by atoms with E-state index in [0.29, 0.717) is 18.0 Å². The van der Waals surface area contributed by atoms with Crippen LogP contribution in [0.25, 0.3) is 0 Å². The molecule has 0 bridgehead atoms. The molecule has 2 heterocycles. The van der Waals surface area contributed by atoms with E-state index < -0.39 is 11.3 Å². The summed E-state index contributed by atoms with van der Waals surface area (Å²) in [5.74, 6) is -0.968. The Morgan fingerprint density at radius 3 is 2.86 bits per heavy atom. The van der Waals surface area contributed by atoms with Crippen molar-refractivity contribution in [3.63, 3.8) is 0 Å². The third-order valence-corrected chi connectivity index (χ3v) is 4.32. The molecule has 1 atom stereocenters. The molecular weight excluding hydrogens is 292 g/mol. The van der Waals surface area contributed by atoms with Crippen molar-refractivity contribution in [1.29, 1.82) is 0 Å².